The van der Waals surface area contributed by atoms with Crippen LogP contribution in [-0.2, 0) is 6.42 Å². The maximum atomic E-state index is 10.7. The van der Waals surface area contributed by atoms with Crippen LogP contribution in [0.1, 0.15) is 18.4 Å². The van der Waals surface area contributed by atoms with E-state index in [2.05, 4.69) is 22.8 Å². The number of benzene rings is 1. The second kappa shape index (κ2) is 5.68. The van der Waals surface area contributed by atoms with Crippen LogP contribution in [0, 0.1) is 5.92 Å². The summed E-state index contributed by atoms with van der Waals surface area (Å²) in [4.78, 5) is 10.7. The molecule has 0 spiro atoms. The number of carbonyl (C=O) groups is 1. The third-order valence-electron chi connectivity index (χ3n) is 3.14. The minimum absolute atomic E-state index is 0.519. The number of urea groups is 1. The maximum Gasteiger partial charge on any atom is 0.316 e. The van der Waals surface area contributed by atoms with Gasteiger partial charge in [0.25, 0.3) is 0 Å². The van der Waals surface area contributed by atoms with Crippen molar-refractivity contribution in [3.63, 3.8) is 0 Å². The lowest BCUT2D eigenvalue weighted by Crippen LogP contribution is -2.30. The Hall–Kier alpha value is -1.55. The molecule has 0 aliphatic carbocycles. The van der Waals surface area contributed by atoms with E-state index in [9.17, 15) is 4.79 Å². The molecule has 0 saturated carbocycles. The zero-order valence-corrected chi connectivity index (χ0v) is 9.91. The maximum absolute atomic E-state index is 10.7. The van der Waals surface area contributed by atoms with Gasteiger partial charge >= 0.3 is 6.03 Å². The molecule has 1 aromatic carbocycles. The van der Waals surface area contributed by atoms with E-state index in [1.54, 1.807) is 0 Å². The number of hydrogen-bond donors (Lipinski definition) is 3. The second-order valence-electron chi connectivity index (χ2n) is 4.60. The Labute approximate surface area is 102 Å². The molecule has 1 atom stereocenters. The van der Waals surface area contributed by atoms with Gasteiger partial charge in [-0.3, -0.25) is 0 Å². The molecule has 1 saturated heterocycles. The number of hydrogen-bond acceptors (Lipinski definition) is 2. The summed E-state index contributed by atoms with van der Waals surface area (Å²) in [6.45, 7) is 2.26. The highest BCUT2D eigenvalue weighted by Gasteiger charge is 2.13. The van der Waals surface area contributed by atoms with Gasteiger partial charge in [0, 0.05) is 5.69 Å². The van der Waals surface area contributed by atoms with E-state index in [0.29, 0.717) is 0 Å². The molecular formula is C13H19N3O. The molecule has 0 bridgehead atoms. The molecule has 17 heavy (non-hydrogen) atoms. The summed E-state index contributed by atoms with van der Waals surface area (Å²) in [5.41, 5.74) is 7.12. The van der Waals surface area contributed by atoms with E-state index in [1.807, 2.05) is 12.1 Å². The smallest absolute Gasteiger partial charge is 0.316 e. The number of piperidine rings is 1. The van der Waals surface area contributed by atoms with Gasteiger partial charge in [0.1, 0.15) is 0 Å². The highest BCUT2D eigenvalue weighted by Crippen LogP contribution is 2.18. The van der Waals surface area contributed by atoms with Gasteiger partial charge < -0.3 is 16.4 Å². The molecule has 1 aliphatic heterocycles. The minimum atomic E-state index is -0.519. The first-order valence-electron chi connectivity index (χ1n) is 6.10. The number of anilines is 1. The topological polar surface area (TPSA) is 67.2 Å². The Kier molecular flexibility index (Phi) is 3.98. The van der Waals surface area contributed by atoms with Crippen molar-refractivity contribution in [1.29, 1.82) is 0 Å². The van der Waals surface area contributed by atoms with Gasteiger partial charge in [-0.15, -0.1) is 0 Å². The van der Waals surface area contributed by atoms with E-state index < -0.39 is 6.03 Å². The Morgan fingerprint density at radius 2 is 2.18 bits per heavy atom. The van der Waals surface area contributed by atoms with Crippen molar-refractivity contribution in [2.75, 3.05) is 18.4 Å². The van der Waals surface area contributed by atoms with E-state index >= 15 is 0 Å². The molecule has 1 heterocycles. The fourth-order valence-electron chi connectivity index (χ4n) is 2.30. The third-order valence-corrected chi connectivity index (χ3v) is 3.14. The van der Waals surface area contributed by atoms with Crippen LogP contribution in [0.15, 0.2) is 24.3 Å². The van der Waals surface area contributed by atoms with Crippen molar-refractivity contribution in [3.05, 3.63) is 29.8 Å². The first-order chi connectivity index (χ1) is 8.24. The van der Waals surface area contributed by atoms with Crippen molar-refractivity contribution in [2.45, 2.75) is 19.3 Å². The zero-order valence-electron chi connectivity index (χ0n) is 9.91. The van der Waals surface area contributed by atoms with Gasteiger partial charge in [-0.1, -0.05) is 12.1 Å². The van der Waals surface area contributed by atoms with Crippen molar-refractivity contribution in [3.8, 4) is 0 Å². The summed E-state index contributed by atoms with van der Waals surface area (Å²) in [7, 11) is 0. The zero-order chi connectivity index (χ0) is 12.1. The normalized spacial score (nSPS) is 19.9. The number of rotatable bonds is 3. The Morgan fingerprint density at radius 3 is 2.76 bits per heavy atom. The highest BCUT2D eigenvalue weighted by atomic mass is 16.2. The average Bonchev–Trinajstić information content (AvgIpc) is 2.32. The second-order valence-corrected chi connectivity index (χ2v) is 4.60. The van der Waals surface area contributed by atoms with E-state index in [4.69, 9.17) is 5.73 Å². The summed E-state index contributed by atoms with van der Waals surface area (Å²) in [5, 5.41) is 5.98. The SMILES string of the molecule is NC(=O)Nc1ccc(CC2CCCNC2)cc1. The number of nitrogens with one attached hydrogen (secondary N) is 2. The number of amides is 2. The Bertz CT molecular complexity index is 369. The lowest BCUT2D eigenvalue weighted by molar-refractivity contribution is 0.259. The monoisotopic (exact) mass is 233 g/mol. The molecule has 1 unspecified atom stereocenters. The fourth-order valence-corrected chi connectivity index (χ4v) is 2.30. The number of carbonyl (C=O) groups excluding carboxylic acids is 1. The van der Waals surface area contributed by atoms with Crippen molar-refractivity contribution in [2.24, 2.45) is 11.7 Å². The van der Waals surface area contributed by atoms with Gasteiger partial charge in [-0.25, -0.2) is 4.79 Å². The van der Waals surface area contributed by atoms with Crippen LogP contribution < -0.4 is 16.4 Å². The predicted octanol–water partition coefficient (Wildman–Crippen LogP) is 1.72. The van der Waals surface area contributed by atoms with Gasteiger partial charge in [-0.05, 0) is 56.0 Å². The Morgan fingerprint density at radius 1 is 1.41 bits per heavy atom. The van der Waals surface area contributed by atoms with Crippen LogP contribution in [0.5, 0.6) is 0 Å². The average molecular weight is 233 g/mol. The van der Waals surface area contributed by atoms with Crippen LogP contribution in [0.3, 0.4) is 0 Å². The summed E-state index contributed by atoms with van der Waals surface area (Å²) in [6.07, 6.45) is 3.67. The van der Waals surface area contributed by atoms with Crippen molar-refractivity contribution < 1.29 is 4.79 Å². The van der Waals surface area contributed by atoms with Gasteiger partial charge in [0.2, 0.25) is 0 Å². The van der Waals surface area contributed by atoms with Crippen molar-refractivity contribution in [1.82, 2.24) is 5.32 Å². The van der Waals surface area contributed by atoms with Crippen LogP contribution in [0.4, 0.5) is 10.5 Å². The molecular weight excluding hydrogens is 214 g/mol. The lowest BCUT2D eigenvalue weighted by atomic mass is 9.92. The molecule has 0 aromatic heterocycles. The highest BCUT2D eigenvalue weighted by molar-refractivity contribution is 5.87. The molecule has 1 aliphatic rings. The molecule has 4 heteroatoms. The number of nitrogens with two attached hydrogens (primary N) is 1. The predicted molar refractivity (Wildman–Crippen MR) is 68.9 cm³/mol. The van der Waals surface area contributed by atoms with E-state index in [1.165, 1.54) is 18.4 Å². The van der Waals surface area contributed by atoms with Crippen LogP contribution in [0.2, 0.25) is 0 Å². The van der Waals surface area contributed by atoms with Crippen LogP contribution >= 0.6 is 0 Å². The number of primary amides is 1. The largest absolute Gasteiger partial charge is 0.351 e. The quantitative estimate of drug-likeness (QED) is 0.744. The van der Waals surface area contributed by atoms with E-state index in [0.717, 1.165) is 31.1 Å². The molecule has 1 fully saturated rings. The molecule has 1 aromatic rings. The Balaban J connectivity index is 1.90. The lowest BCUT2D eigenvalue weighted by Gasteiger charge is -2.22. The van der Waals surface area contributed by atoms with Gasteiger partial charge in [0.05, 0.1) is 0 Å². The molecule has 2 rings (SSSR count). The molecule has 4 N–H and O–H groups in total. The fraction of sp³-hybridized carbons (Fsp3) is 0.462. The summed E-state index contributed by atoms with van der Waals surface area (Å²) < 4.78 is 0. The van der Waals surface area contributed by atoms with Gasteiger partial charge in [-0.2, -0.15) is 0 Å². The summed E-state index contributed by atoms with van der Waals surface area (Å²) in [6, 6.07) is 7.39. The third kappa shape index (κ3) is 3.75. The molecule has 4 nitrogen and oxygen atoms in total. The minimum Gasteiger partial charge on any atom is -0.351 e. The van der Waals surface area contributed by atoms with Crippen LogP contribution in [0.25, 0.3) is 0 Å². The molecule has 0 radical (unpaired) electrons. The molecule has 2 amide bonds. The summed E-state index contributed by atoms with van der Waals surface area (Å²) in [5.74, 6) is 0.735. The van der Waals surface area contributed by atoms with E-state index in [-0.39, 0.29) is 0 Å². The van der Waals surface area contributed by atoms with Crippen molar-refractivity contribution >= 4 is 11.7 Å². The first kappa shape index (κ1) is 11.9. The van der Waals surface area contributed by atoms with Gasteiger partial charge in [0.15, 0.2) is 0 Å². The van der Waals surface area contributed by atoms with Crippen LogP contribution in [-0.4, -0.2) is 19.1 Å². The first-order valence-corrected chi connectivity index (χ1v) is 6.10. The summed E-state index contributed by atoms with van der Waals surface area (Å²) >= 11 is 0. The standard InChI is InChI=1S/C13H19N3O/c14-13(17)16-12-5-3-10(4-6-12)8-11-2-1-7-15-9-11/h3-6,11,15H,1-2,7-9H2,(H3,14,16,17). The molecule has 92 valence electrons.